The number of nitrogens with one attached hydrogen (secondary N) is 1. The van der Waals surface area contributed by atoms with Gasteiger partial charge in [-0.2, -0.15) is 0 Å². The van der Waals surface area contributed by atoms with Crippen LogP contribution in [0.4, 0.5) is 0 Å². The van der Waals surface area contributed by atoms with Gasteiger partial charge in [0, 0.05) is 13.6 Å². The van der Waals surface area contributed by atoms with E-state index in [2.05, 4.69) is 26.2 Å². The average molecular weight is 329 g/mol. The van der Waals surface area contributed by atoms with Crippen LogP contribution < -0.4 is 4.72 Å². The fourth-order valence-corrected chi connectivity index (χ4v) is 3.08. The SMILES string of the molecule is Cn1nnc(Br)c1S(=O)(=O)NC[C@H](O)C(=O)O. The molecule has 0 fully saturated rings. The molecule has 0 radical (unpaired) electrons. The van der Waals surface area contributed by atoms with Crippen molar-refractivity contribution in [3.63, 3.8) is 0 Å². The first-order valence-electron chi connectivity index (χ1n) is 4.21. The molecule has 11 heteroatoms. The largest absolute Gasteiger partial charge is 0.479 e. The molecule has 17 heavy (non-hydrogen) atoms. The van der Waals surface area contributed by atoms with E-state index in [0.29, 0.717) is 0 Å². The minimum atomic E-state index is -3.99. The van der Waals surface area contributed by atoms with Crippen molar-refractivity contribution in [1.29, 1.82) is 0 Å². The maximum atomic E-state index is 11.7. The van der Waals surface area contributed by atoms with E-state index in [4.69, 9.17) is 10.2 Å². The third kappa shape index (κ3) is 3.21. The van der Waals surface area contributed by atoms with Crippen LogP contribution in [0.2, 0.25) is 0 Å². The number of carbonyl (C=O) groups is 1. The van der Waals surface area contributed by atoms with Crippen molar-refractivity contribution in [3.05, 3.63) is 4.60 Å². The van der Waals surface area contributed by atoms with Crippen LogP contribution in [0.15, 0.2) is 9.63 Å². The highest BCUT2D eigenvalue weighted by Gasteiger charge is 2.25. The van der Waals surface area contributed by atoms with Gasteiger partial charge in [-0.15, -0.1) is 5.10 Å². The van der Waals surface area contributed by atoms with Gasteiger partial charge in [0.25, 0.3) is 10.0 Å². The first kappa shape index (κ1) is 14.0. The van der Waals surface area contributed by atoms with Gasteiger partial charge in [0.1, 0.15) is 0 Å². The fourth-order valence-electron chi connectivity index (χ4n) is 0.952. The fraction of sp³-hybridized carbons (Fsp3) is 0.500. The highest BCUT2D eigenvalue weighted by atomic mass is 79.9. The number of aliphatic hydroxyl groups is 1. The number of rotatable bonds is 5. The predicted molar refractivity (Wildman–Crippen MR) is 57.5 cm³/mol. The van der Waals surface area contributed by atoms with Gasteiger partial charge in [0.05, 0.1) is 0 Å². The summed E-state index contributed by atoms with van der Waals surface area (Å²) in [5.41, 5.74) is 0. The topological polar surface area (TPSA) is 134 Å². The summed E-state index contributed by atoms with van der Waals surface area (Å²) in [6.07, 6.45) is -1.82. The zero-order valence-electron chi connectivity index (χ0n) is 8.53. The van der Waals surface area contributed by atoms with E-state index in [1.165, 1.54) is 7.05 Å². The summed E-state index contributed by atoms with van der Waals surface area (Å²) < 4.78 is 26.4. The van der Waals surface area contributed by atoms with Crippen molar-refractivity contribution in [1.82, 2.24) is 19.7 Å². The molecule has 3 N–H and O–H groups in total. The molecule has 0 aliphatic rings. The van der Waals surface area contributed by atoms with Gasteiger partial charge in [0.2, 0.25) is 5.03 Å². The summed E-state index contributed by atoms with van der Waals surface area (Å²) >= 11 is 2.90. The van der Waals surface area contributed by atoms with E-state index in [9.17, 15) is 13.2 Å². The molecule has 0 amide bonds. The van der Waals surface area contributed by atoms with Gasteiger partial charge >= 0.3 is 5.97 Å². The summed E-state index contributed by atoms with van der Waals surface area (Å²) in [5, 5.41) is 24.0. The van der Waals surface area contributed by atoms with Gasteiger partial charge in [0.15, 0.2) is 10.7 Å². The first-order chi connectivity index (χ1) is 7.75. The van der Waals surface area contributed by atoms with Crippen LogP contribution in [0.1, 0.15) is 0 Å². The summed E-state index contributed by atoms with van der Waals surface area (Å²) in [5.74, 6) is -1.52. The van der Waals surface area contributed by atoms with E-state index >= 15 is 0 Å². The number of aliphatic hydroxyl groups excluding tert-OH is 1. The Morgan fingerprint density at radius 3 is 2.65 bits per heavy atom. The second-order valence-electron chi connectivity index (χ2n) is 3.01. The van der Waals surface area contributed by atoms with Crippen LogP contribution in [0, 0.1) is 0 Å². The standard InChI is InChI=1S/C6H9BrN4O5S/c1-11-5(4(7)9-10-11)17(15,16)8-2-3(12)6(13)14/h3,8,12H,2H2,1H3,(H,13,14)/t3-/m0/s1. The van der Waals surface area contributed by atoms with Crippen molar-refractivity contribution in [2.75, 3.05) is 6.54 Å². The van der Waals surface area contributed by atoms with E-state index < -0.39 is 28.6 Å². The number of aliphatic carboxylic acids is 1. The molecule has 0 aliphatic carbocycles. The summed E-state index contributed by atoms with van der Waals surface area (Å²) in [7, 11) is -2.63. The maximum Gasteiger partial charge on any atom is 0.333 e. The molecule has 96 valence electrons. The monoisotopic (exact) mass is 328 g/mol. The van der Waals surface area contributed by atoms with Crippen molar-refractivity contribution in [3.8, 4) is 0 Å². The Morgan fingerprint density at radius 1 is 1.65 bits per heavy atom. The molecule has 0 spiro atoms. The highest BCUT2D eigenvalue weighted by Crippen LogP contribution is 2.17. The van der Waals surface area contributed by atoms with E-state index in [1.807, 2.05) is 4.72 Å². The number of carboxylic acids is 1. The molecule has 0 saturated heterocycles. The Bertz CT molecular complexity index is 507. The van der Waals surface area contributed by atoms with Gasteiger partial charge in [-0.05, 0) is 15.9 Å². The van der Waals surface area contributed by atoms with Crippen molar-refractivity contribution >= 4 is 31.9 Å². The van der Waals surface area contributed by atoms with E-state index in [-0.39, 0.29) is 9.63 Å². The molecule has 0 aliphatic heterocycles. The molecule has 0 aromatic carbocycles. The summed E-state index contributed by atoms with van der Waals surface area (Å²) in [6.45, 7) is -0.644. The smallest absolute Gasteiger partial charge is 0.333 e. The van der Waals surface area contributed by atoms with Crippen LogP contribution in [0.3, 0.4) is 0 Å². The van der Waals surface area contributed by atoms with Crippen LogP contribution in [0.25, 0.3) is 0 Å². The summed E-state index contributed by atoms with van der Waals surface area (Å²) in [6, 6.07) is 0. The third-order valence-corrected chi connectivity index (χ3v) is 4.05. The van der Waals surface area contributed by atoms with Crippen LogP contribution >= 0.6 is 15.9 Å². The lowest BCUT2D eigenvalue weighted by molar-refractivity contribution is -0.146. The number of nitrogens with zero attached hydrogens (tertiary/aromatic N) is 3. The first-order valence-corrected chi connectivity index (χ1v) is 6.49. The minimum Gasteiger partial charge on any atom is -0.479 e. The normalized spacial score (nSPS) is 13.6. The molecule has 1 atom stereocenters. The average Bonchev–Trinajstić information content (AvgIpc) is 2.55. The minimum absolute atomic E-state index is 0.00249. The highest BCUT2D eigenvalue weighted by molar-refractivity contribution is 9.10. The zero-order chi connectivity index (χ0) is 13.2. The summed E-state index contributed by atoms with van der Waals surface area (Å²) in [4.78, 5) is 10.3. The second-order valence-corrected chi connectivity index (χ2v) is 5.45. The number of carboxylic acid groups (broad SMARTS) is 1. The molecule has 0 unspecified atom stereocenters. The third-order valence-electron chi connectivity index (χ3n) is 1.74. The van der Waals surface area contributed by atoms with Gasteiger partial charge in [-0.25, -0.2) is 22.6 Å². The van der Waals surface area contributed by atoms with E-state index in [0.717, 1.165) is 4.68 Å². The Morgan fingerprint density at radius 2 is 2.24 bits per heavy atom. The molecule has 0 saturated carbocycles. The Kier molecular flexibility index (Phi) is 4.19. The number of aryl methyl sites for hydroxylation is 1. The quantitative estimate of drug-likeness (QED) is 0.586. The molecule has 1 rings (SSSR count). The molecule has 0 bridgehead atoms. The number of sulfonamides is 1. The number of hydrogen-bond acceptors (Lipinski definition) is 6. The zero-order valence-corrected chi connectivity index (χ0v) is 10.9. The van der Waals surface area contributed by atoms with Gasteiger partial charge in [-0.3, -0.25) is 0 Å². The lowest BCUT2D eigenvalue weighted by atomic mass is 10.4. The molecule has 1 aromatic rings. The molecular formula is C6H9BrN4O5S. The van der Waals surface area contributed by atoms with Crippen LogP contribution in [-0.4, -0.2) is 52.2 Å². The lowest BCUT2D eigenvalue weighted by Gasteiger charge is -2.08. The van der Waals surface area contributed by atoms with Crippen molar-refractivity contribution in [2.45, 2.75) is 11.1 Å². The number of halogens is 1. The van der Waals surface area contributed by atoms with Crippen LogP contribution in [0.5, 0.6) is 0 Å². The van der Waals surface area contributed by atoms with Gasteiger partial charge in [-0.1, -0.05) is 5.21 Å². The molecule has 1 heterocycles. The second kappa shape index (κ2) is 5.08. The van der Waals surface area contributed by atoms with Crippen molar-refractivity contribution in [2.24, 2.45) is 7.05 Å². The number of aromatic nitrogens is 3. The molecule has 9 nitrogen and oxygen atoms in total. The Hall–Kier alpha value is -1.04. The van der Waals surface area contributed by atoms with Gasteiger partial charge < -0.3 is 10.2 Å². The number of hydrogen-bond donors (Lipinski definition) is 3. The molecular weight excluding hydrogens is 320 g/mol. The van der Waals surface area contributed by atoms with Crippen LogP contribution in [-0.2, 0) is 21.9 Å². The Labute approximate surface area is 105 Å². The van der Waals surface area contributed by atoms with E-state index in [1.54, 1.807) is 0 Å². The lowest BCUT2D eigenvalue weighted by Crippen LogP contribution is -2.37. The Balaban J connectivity index is 2.87. The molecule has 1 aromatic heterocycles. The van der Waals surface area contributed by atoms with Crippen molar-refractivity contribution < 1.29 is 23.4 Å². The maximum absolute atomic E-state index is 11.7. The predicted octanol–water partition coefficient (Wildman–Crippen LogP) is -1.70.